The first kappa shape index (κ1) is 21.0. The summed E-state index contributed by atoms with van der Waals surface area (Å²) in [5.41, 5.74) is -1.15. The number of Topliss-reactive ketones (excluding diaryl/α,β-unsaturated/α-hetero) is 1. The molecule has 0 radical (unpaired) electrons. The number of fused-ring (bicyclic) bond motifs is 4. The lowest BCUT2D eigenvalue weighted by molar-refractivity contribution is -0.137. The number of nitrogens with zero attached hydrogens (tertiary/aromatic N) is 5. The highest BCUT2D eigenvalue weighted by Crippen LogP contribution is 2.48. The number of benzene rings is 1. The summed E-state index contributed by atoms with van der Waals surface area (Å²) in [7, 11) is 0. The van der Waals surface area contributed by atoms with E-state index < -0.39 is 34.3 Å². The number of carbonyl (C=O) groups is 1. The van der Waals surface area contributed by atoms with Crippen LogP contribution in [0.25, 0.3) is 11.6 Å². The molecular formula is C21H16ClF4N5O. The fourth-order valence-corrected chi connectivity index (χ4v) is 5.22. The van der Waals surface area contributed by atoms with Gasteiger partial charge in [-0.3, -0.25) is 4.79 Å². The molecule has 1 fully saturated rings. The number of halogens is 5. The van der Waals surface area contributed by atoms with Crippen molar-refractivity contribution >= 4 is 17.4 Å². The maximum Gasteiger partial charge on any atom is 0.417 e. The van der Waals surface area contributed by atoms with E-state index in [0.29, 0.717) is 24.6 Å². The average Bonchev–Trinajstić information content (AvgIpc) is 3.16. The van der Waals surface area contributed by atoms with E-state index in [1.807, 2.05) is 4.57 Å². The summed E-state index contributed by atoms with van der Waals surface area (Å²) < 4.78 is 54.9. The number of aromatic nitrogens is 5. The number of hydrogen-bond donors (Lipinski definition) is 0. The summed E-state index contributed by atoms with van der Waals surface area (Å²) in [5.74, 6) is -0.836. The SMILES string of the molecule is O=C(c1cccc(C(F)(F)F)c1Cl)C1[C@@H]2CCC[C@H]1c1nnc(-c3ncc(F)cn3)n1C2. The van der Waals surface area contributed by atoms with E-state index in [0.717, 1.165) is 31.3 Å². The Kier molecular flexibility index (Phi) is 4.99. The smallest absolute Gasteiger partial charge is 0.308 e. The Hall–Kier alpha value is -2.88. The van der Waals surface area contributed by atoms with Crippen LogP contribution >= 0.6 is 11.6 Å². The van der Waals surface area contributed by atoms with E-state index in [-0.39, 0.29) is 23.2 Å². The maximum absolute atomic E-state index is 13.5. The highest BCUT2D eigenvalue weighted by molar-refractivity contribution is 6.35. The van der Waals surface area contributed by atoms with E-state index in [9.17, 15) is 22.4 Å². The summed E-state index contributed by atoms with van der Waals surface area (Å²) in [6.45, 7) is 0.391. The first-order chi connectivity index (χ1) is 15.3. The van der Waals surface area contributed by atoms with Gasteiger partial charge in [0.2, 0.25) is 5.82 Å². The minimum atomic E-state index is -4.65. The Labute approximate surface area is 184 Å². The highest BCUT2D eigenvalue weighted by atomic mass is 35.5. The average molecular weight is 466 g/mol. The number of alkyl halides is 3. The van der Waals surface area contributed by atoms with Crippen molar-refractivity contribution in [1.82, 2.24) is 24.7 Å². The Bertz CT molecular complexity index is 1190. The fraction of sp³-hybridized carbons (Fsp3) is 0.381. The molecule has 0 amide bonds. The van der Waals surface area contributed by atoms with Gasteiger partial charge in [0.1, 0.15) is 5.82 Å². The molecule has 0 saturated heterocycles. The first-order valence-electron chi connectivity index (χ1n) is 10.1. The van der Waals surface area contributed by atoms with Crippen LogP contribution in [0.5, 0.6) is 0 Å². The van der Waals surface area contributed by atoms with Gasteiger partial charge >= 0.3 is 6.18 Å². The van der Waals surface area contributed by atoms with Gasteiger partial charge < -0.3 is 4.57 Å². The minimum absolute atomic E-state index is 0.126. The molecule has 32 heavy (non-hydrogen) atoms. The van der Waals surface area contributed by atoms with Crippen LogP contribution in [0.15, 0.2) is 30.6 Å². The predicted molar refractivity (Wildman–Crippen MR) is 105 cm³/mol. The van der Waals surface area contributed by atoms with Crippen LogP contribution in [0.2, 0.25) is 5.02 Å². The Morgan fingerprint density at radius 2 is 1.88 bits per heavy atom. The molecule has 1 unspecified atom stereocenters. The summed E-state index contributed by atoms with van der Waals surface area (Å²) in [5, 5.41) is 7.85. The van der Waals surface area contributed by atoms with Gasteiger partial charge in [-0.25, -0.2) is 14.4 Å². The fourth-order valence-electron chi connectivity index (χ4n) is 4.90. The molecule has 2 bridgehead atoms. The van der Waals surface area contributed by atoms with Crippen LogP contribution in [0.4, 0.5) is 17.6 Å². The lowest BCUT2D eigenvalue weighted by Crippen LogP contribution is -2.41. The second kappa shape index (κ2) is 7.61. The van der Waals surface area contributed by atoms with Crippen LogP contribution in [-0.4, -0.2) is 30.5 Å². The van der Waals surface area contributed by atoms with Crippen molar-refractivity contribution in [3.05, 3.63) is 58.4 Å². The van der Waals surface area contributed by atoms with Crippen molar-refractivity contribution in [2.24, 2.45) is 11.8 Å². The van der Waals surface area contributed by atoms with Crippen molar-refractivity contribution in [3.8, 4) is 11.6 Å². The molecule has 0 N–H and O–H groups in total. The van der Waals surface area contributed by atoms with E-state index in [1.165, 1.54) is 12.1 Å². The van der Waals surface area contributed by atoms with Gasteiger partial charge in [0.15, 0.2) is 17.4 Å². The first-order valence-corrected chi connectivity index (χ1v) is 10.4. The lowest BCUT2D eigenvalue weighted by atomic mass is 9.66. The summed E-state index contributed by atoms with van der Waals surface area (Å²) in [4.78, 5) is 21.4. The van der Waals surface area contributed by atoms with Gasteiger partial charge in [-0.2, -0.15) is 13.2 Å². The summed E-state index contributed by atoms with van der Waals surface area (Å²) in [6, 6.07) is 3.41. The standard InChI is InChI=1S/C21H16ClF4N5O/c22-16-13(5-2-6-14(16)21(24,25)26)17(32)15-10-3-1-4-12(15)19-29-30-20(31(19)9-10)18-27-7-11(23)8-28-18/h2,5-8,10,12,15H,1,3-4,9H2/t10-,12-,15?/m1/s1. The zero-order valence-electron chi connectivity index (χ0n) is 16.5. The van der Waals surface area contributed by atoms with Crippen molar-refractivity contribution < 1.29 is 22.4 Å². The predicted octanol–water partition coefficient (Wildman–Crippen LogP) is 4.94. The van der Waals surface area contributed by atoms with Crippen LogP contribution in [0.3, 0.4) is 0 Å². The van der Waals surface area contributed by atoms with E-state index in [1.54, 1.807) is 0 Å². The molecule has 1 aromatic carbocycles. The zero-order valence-corrected chi connectivity index (χ0v) is 17.2. The number of hydrogen-bond acceptors (Lipinski definition) is 5. The molecule has 1 aliphatic heterocycles. The third-order valence-corrected chi connectivity index (χ3v) is 6.66. The molecule has 5 rings (SSSR count). The Morgan fingerprint density at radius 1 is 1.12 bits per heavy atom. The van der Waals surface area contributed by atoms with Gasteiger partial charge in [-0.15, -0.1) is 10.2 Å². The van der Waals surface area contributed by atoms with Gasteiger partial charge in [-0.1, -0.05) is 24.1 Å². The molecule has 3 aromatic rings. The molecule has 2 aromatic heterocycles. The second-order valence-electron chi connectivity index (χ2n) is 8.07. The highest BCUT2D eigenvalue weighted by Gasteiger charge is 2.47. The van der Waals surface area contributed by atoms with Crippen molar-refractivity contribution in [1.29, 1.82) is 0 Å². The third kappa shape index (κ3) is 3.37. The molecule has 3 heterocycles. The van der Waals surface area contributed by atoms with Gasteiger partial charge in [0.05, 0.1) is 23.0 Å². The Balaban J connectivity index is 1.54. The van der Waals surface area contributed by atoms with Crippen LogP contribution in [0, 0.1) is 17.7 Å². The number of carbonyl (C=O) groups excluding carboxylic acids is 1. The maximum atomic E-state index is 13.5. The lowest BCUT2D eigenvalue weighted by Gasteiger charge is -2.41. The molecule has 6 nitrogen and oxygen atoms in total. The zero-order chi connectivity index (χ0) is 22.6. The second-order valence-corrected chi connectivity index (χ2v) is 8.45. The largest absolute Gasteiger partial charge is 0.417 e. The van der Waals surface area contributed by atoms with Gasteiger partial charge in [0.25, 0.3) is 0 Å². The van der Waals surface area contributed by atoms with E-state index in [4.69, 9.17) is 11.6 Å². The summed E-state index contributed by atoms with van der Waals surface area (Å²) >= 11 is 6.04. The molecule has 1 aliphatic carbocycles. The molecule has 11 heteroatoms. The molecular weight excluding hydrogens is 450 g/mol. The Morgan fingerprint density at radius 3 is 2.59 bits per heavy atom. The molecule has 3 atom stereocenters. The number of ketones is 1. The van der Waals surface area contributed by atoms with E-state index >= 15 is 0 Å². The van der Waals surface area contributed by atoms with Crippen molar-refractivity contribution in [2.75, 3.05) is 0 Å². The summed E-state index contributed by atoms with van der Waals surface area (Å²) in [6.07, 6.45) is -0.341. The topological polar surface area (TPSA) is 73.6 Å². The monoisotopic (exact) mass is 465 g/mol. The molecule has 0 spiro atoms. The molecule has 2 aliphatic rings. The number of rotatable bonds is 3. The molecule has 166 valence electrons. The van der Waals surface area contributed by atoms with Crippen LogP contribution in [0.1, 0.15) is 46.9 Å². The quantitative estimate of drug-likeness (QED) is 0.404. The third-order valence-electron chi connectivity index (χ3n) is 6.25. The molecule has 1 saturated carbocycles. The van der Waals surface area contributed by atoms with Crippen molar-refractivity contribution in [2.45, 2.75) is 37.9 Å². The van der Waals surface area contributed by atoms with Crippen molar-refractivity contribution in [3.63, 3.8) is 0 Å². The minimum Gasteiger partial charge on any atom is -0.308 e. The van der Waals surface area contributed by atoms with Gasteiger partial charge in [-0.05, 0) is 30.9 Å². The van der Waals surface area contributed by atoms with Gasteiger partial charge in [0, 0.05) is 23.9 Å². The van der Waals surface area contributed by atoms with E-state index in [2.05, 4.69) is 20.2 Å². The normalized spacial score (nSPS) is 22.5. The van der Waals surface area contributed by atoms with Crippen LogP contribution < -0.4 is 0 Å². The van der Waals surface area contributed by atoms with Crippen LogP contribution in [-0.2, 0) is 12.7 Å².